The molecule has 1 rings (SSSR count). The SMILES string of the molecule is O=C(O)CCNC(=O)Nc1ccc(S(=O)(=O)C(F)F)cc1. The third-order valence-corrected chi connectivity index (χ3v) is 3.70. The Morgan fingerprint density at radius 3 is 2.24 bits per heavy atom. The highest BCUT2D eigenvalue weighted by Crippen LogP contribution is 2.20. The van der Waals surface area contributed by atoms with Crippen LogP contribution in [0.5, 0.6) is 0 Å². The Kier molecular flexibility index (Phi) is 5.59. The molecule has 7 nitrogen and oxygen atoms in total. The van der Waals surface area contributed by atoms with E-state index in [0.717, 1.165) is 24.3 Å². The zero-order valence-electron chi connectivity index (χ0n) is 10.5. The van der Waals surface area contributed by atoms with E-state index in [1.165, 1.54) is 0 Å². The molecule has 2 amide bonds. The molecule has 0 heterocycles. The van der Waals surface area contributed by atoms with Gasteiger partial charge in [0.2, 0.25) is 9.84 Å². The van der Waals surface area contributed by atoms with E-state index in [-0.39, 0.29) is 18.7 Å². The number of anilines is 1. The molecule has 0 aromatic heterocycles. The number of carboxylic acids is 1. The van der Waals surface area contributed by atoms with Crippen LogP contribution in [0.1, 0.15) is 6.42 Å². The Morgan fingerprint density at radius 1 is 1.19 bits per heavy atom. The smallest absolute Gasteiger partial charge is 0.341 e. The summed E-state index contributed by atoms with van der Waals surface area (Å²) in [6, 6.07) is 3.47. The summed E-state index contributed by atoms with van der Waals surface area (Å²) in [5, 5.41) is 12.9. The summed E-state index contributed by atoms with van der Waals surface area (Å²) in [5.74, 6) is -4.59. The number of aliphatic carboxylic acids is 1. The molecule has 21 heavy (non-hydrogen) atoms. The van der Waals surface area contributed by atoms with Gasteiger partial charge < -0.3 is 15.7 Å². The van der Waals surface area contributed by atoms with Gasteiger partial charge in [0.05, 0.1) is 11.3 Å². The lowest BCUT2D eigenvalue weighted by atomic mass is 10.3. The standard InChI is InChI=1S/C11H12F2N2O5S/c12-10(13)21(19,20)8-3-1-7(2-4-8)15-11(18)14-6-5-9(16)17/h1-4,10H,5-6H2,(H,16,17)(H2,14,15,18). The minimum atomic E-state index is -4.67. The van der Waals surface area contributed by atoms with Gasteiger partial charge in [-0.05, 0) is 24.3 Å². The number of hydrogen-bond acceptors (Lipinski definition) is 4. The van der Waals surface area contributed by atoms with Crippen molar-refractivity contribution < 1.29 is 31.9 Å². The largest absolute Gasteiger partial charge is 0.481 e. The van der Waals surface area contributed by atoms with Crippen molar-refractivity contribution in [2.75, 3.05) is 11.9 Å². The first-order valence-corrected chi connectivity index (χ1v) is 7.17. The van der Waals surface area contributed by atoms with E-state index in [0.29, 0.717) is 0 Å². The van der Waals surface area contributed by atoms with E-state index < -0.39 is 32.5 Å². The molecule has 3 N–H and O–H groups in total. The van der Waals surface area contributed by atoms with E-state index in [2.05, 4.69) is 10.6 Å². The van der Waals surface area contributed by atoms with Gasteiger partial charge in [-0.2, -0.15) is 8.78 Å². The van der Waals surface area contributed by atoms with Gasteiger partial charge in [0.15, 0.2) is 0 Å². The van der Waals surface area contributed by atoms with Crippen LogP contribution in [0.2, 0.25) is 0 Å². The predicted molar refractivity (Wildman–Crippen MR) is 68.9 cm³/mol. The summed E-state index contributed by atoms with van der Waals surface area (Å²) < 4.78 is 46.9. The molecule has 0 saturated heterocycles. The van der Waals surface area contributed by atoms with E-state index in [9.17, 15) is 26.8 Å². The summed E-state index contributed by atoms with van der Waals surface area (Å²) in [7, 11) is -4.67. The Labute approximate surface area is 118 Å². The maximum absolute atomic E-state index is 12.3. The fourth-order valence-corrected chi connectivity index (χ4v) is 2.01. The lowest BCUT2D eigenvalue weighted by Crippen LogP contribution is -2.30. The number of carbonyl (C=O) groups excluding carboxylic acids is 1. The second-order valence-electron chi connectivity index (χ2n) is 3.85. The van der Waals surface area contributed by atoms with E-state index in [4.69, 9.17) is 5.11 Å². The number of nitrogens with one attached hydrogen (secondary N) is 2. The van der Waals surface area contributed by atoms with Gasteiger partial charge >= 0.3 is 17.8 Å². The predicted octanol–water partition coefficient (Wildman–Crippen LogP) is 1.28. The molecule has 0 aliphatic carbocycles. The van der Waals surface area contributed by atoms with Gasteiger partial charge in [0.25, 0.3) is 0 Å². The highest BCUT2D eigenvalue weighted by molar-refractivity contribution is 7.91. The highest BCUT2D eigenvalue weighted by atomic mass is 32.2. The molecule has 0 atom stereocenters. The molecule has 0 fully saturated rings. The van der Waals surface area contributed by atoms with Crippen LogP contribution >= 0.6 is 0 Å². The Balaban J connectivity index is 2.63. The van der Waals surface area contributed by atoms with Crippen LogP contribution in [-0.2, 0) is 14.6 Å². The number of sulfone groups is 1. The normalized spacial score (nSPS) is 11.2. The van der Waals surface area contributed by atoms with Crippen molar-refractivity contribution in [3.05, 3.63) is 24.3 Å². The number of amides is 2. The molecular weight excluding hydrogens is 310 g/mol. The summed E-state index contributed by atoms with van der Waals surface area (Å²) in [4.78, 5) is 21.0. The number of halogens is 2. The molecule has 10 heteroatoms. The van der Waals surface area contributed by atoms with Gasteiger partial charge in [-0.1, -0.05) is 0 Å². The maximum atomic E-state index is 12.3. The minimum absolute atomic E-state index is 0.0843. The van der Waals surface area contributed by atoms with Crippen LogP contribution in [-0.4, -0.2) is 37.8 Å². The van der Waals surface area contributed by atoms with Crippen molar-refractivity contribution in [2.24, 2.45) is 0 Å². The summed E-state index contributed by atoms with van der Waals surface area (Å²) in [6.45, 7) is -0.0843. The fraction of sp³-hybridized carbons (Fsp3) is 0.273. The lowest BCUT2D eigenvalue weighted by molar-refractivity contribution is -0.136. The Hall–Kier alpha value is -2.23. The quantitative estimate of drug-likeness (QED) is 0.730. The van der Waals surface area contributed by atoms with Crippen molar-refractivity contribution >= 4 is 27.5 Å². The van der Waals surface area contributed by atoms with Crippen LogP contribution in [0.4, 0.5) is 19.3 Å². The molecule has 116 valence electrons. The minimum Gasteiger partial charge on any atom is -0.481 e. The number of rotatable bonds is 6. The van der Waals surface area contributed by atoms with Gasteiger partial charge in [0.1, 0.15) is 0 Å². The fourth-order valence-electron chi connectivity index (χ4n) is 1.29. The third kappa shape index (κ3) is 4.99. The van der Waals surface area contributed by atoms with Gasteiger partial charge in [-0.25, -0.2) is 13.2 Å². The van der Waals surface area contributed by atoms with Gasteiger partial charge in [-0.15, -0.1) is 0 Å². The highest BCUT2D eigenvalue weighted by Gasteiger charge is 2.26. The Bertz CT molecular complexity index is 616. The summed E-state index contributed by atoms with van der Waals surface area (Å²) in [5.41, 5.74) is 0.177. The van der Waals surface area contributed by atoms with Gasteiger partial charge in [-0.3, -0.25) is 4.79 Å². The second kappa shape index (κ2) is 6.97. The molecule has 0 bridgehead atoms. The zero-order valence-corrected chi connectivity index (χ0v) is 11.4. The number of carbonyl (C=O) groups is 2. The second-order valence-corrected chi connectivity index (χ2v) is 5.77. The van der Waals surface area contributed by atoms with Crippen LogP contribution in [0.3, 0.4) is 0 Å². The molecule has 0 saturated carbocycles. The molecule has 1 aromatic carbocycles. The average molecular weight is 322 g/mol. The van der Waals surface area contributed by atoms with E-state index in [1.54, 1.807) is 0 Å². The van der Waals surface area contributed by atoms with Crippen molar-refractivity contribution in [2.45, 2.75) is 17.1 Å². The zero-order chi connectivity index (χ0) is 16.0. The van der Waals surface area contributed by atoms with Crippen molar-refractivity contribution in [1.29, 1.82) is 0 Å². The molecule has 0 spiro atoms. The number of hydrogen-bond donors (Lipinski definition) is 3. The molecule has 0 radical (unpaired) electrons. The van der Waals surface area contributed by atoms with E-state index in [1.807, 2.05) is 0 Å². The molecule has 0 unspecified atom stereocenters. The van der Waals surface area contributed by atoms with E-state index >= 15 is 0 Å². The summed E-state index contributed by atoms with van der Waals surface area (Å²) in [6.07, 6.45) is -0.251. The third-order valence-electron chi connectivity index (χ3n) is 2.30. The molecule has 0 aliphatic rings. The van der Waals surface area contributed by atoms with Crippen molar-refractivity contribution in [1.82, 2.24) is 5.32 Å². The maximum Gasteiger partial charge on any atom is 0.341 e. The number of benzene rings is 1. The first-order chi connectivity index (χ1) is 9.73. The van der Waals surface area contributed by atoms with Crippen molar-refractivity contribution in [3.63, 3.8) is 0 Å². The number of carboxylic acid groups (broad SMARTS) is 1. The molecule has 0 aliphatic heterocycles. The van der Waals surface area contributed by atoms with Crippen LogP contribution in [0, 0.1) is 0 Å². The first-order valence-electron chi connectivity index (χ1n) is 5.62. The number of urea groups is 1. The number of alkyl halides is 2. The molecular formula is C11H12F2N2O5S. The average Bonchev–Trinajstić information content (AvgIpc) is 2.38. The van der Waals surface area contributed by atoms with Crippen LogP contribution < -0.4 is 10.6 Å². The molecule has 1 aromatic rings. The van der Waals surface area contributed by atoms with Crippen LogP contribution in [0.25, 0.3) is 0 Å². The van der Waals surface area contributed by atoms with Crippen LogP contribution in [0.15, 0.2) is 29.2 Å². The topological polar surface area (TPSA) is 113 Å². The monoisotopic (exact) mass is 322 g/mol. The lowest BCUT2D eigenvalue weighted by Gasteiger charge is -2.08. The first kappa shape index (κ1) is 16.8. The van der Waals surface area contributed by atoms with Crippen molar-refractivity contribution in [3.8, 4) is 0 Å². The Morgan fingerprint density at radius 2 is 1.76 bits per heavy atom. The summed E-state index contributed by atoms with van der Waals surface area (Å²) >= 11 is 0. The van der Waals surface area contributed by atoms with Gasteiger partial charge in [0, 0.05) is 12.2 Å².